The highest BCUT2D eigenvalue weighted by Crippen LogP contribution is 2.65. The van der Waals surface area contributed by atoms with E-state index in [9.17, 15) is 0 Å². The molecule has 0 amide bonds. The lowest BCUT2D eigenvalue weighted by Crippen LogP contribution is -2.82. The van der Waals surface area contributed by atoms with E-state index >= 15 is 0 Å². The fourth-order valence-electron chi connectivity index (χ4n) is 6.86. The van der Waals surface area contributed by atoms with Crippen LogP contribution in [0, 0.1) is 0 Å². The zero-order valence-corrected chi connectivity index (χ0v) is 21.4. The zero-order chi connectivity index (χ0) is 20.7. The molecule has 0 aliphatic heterocycles. The van der Waals surface area contributed by atoms with E-state index < -0.39 is 14.5 Å². The third-order valence-electron chi connectivity index (χ3n) is 6.23. The first-order valence-corrected chi connectivity index (χ1v) is 16.0. The van der Waals surface area contributed by atoms with Crippen LogP contribution >= 0.6 is 11.1 Å². The molecule has 0 unspecified atom stereocenters. The molecule has 27 heavy (non-hydrogen) atoms. The number of hydrogen-bond donors (Lipinski definition) is 0. The van der Waals surface area contributed by atoms with Crippen molar-refractivity contribution in [1.29, 1.82) is 0 Å². The molecule has 0 aliphatic carbocycles. The topological polar surface area (TPSA) is 0 Å². The van der Waals surface area contributed by atoms with E-state index in [1.54, 1.807) is 0 Å². The van der Waals surface area contributed by atoms with Crippen molar-refractivity contribution in [3.05, 3.63) is 60.7 Å². The van der Waals surface area contributed by atoms with Gasteiger partial charge < -0.3 is 0 Å². The van der Waals surface area contributed by atoms with Gasteiger partial charge in [-0.3, -0.25) is 0 Å². The van der Waals surface area contributed by atoms with Gasteiger partial charge in [0.15, 0.2) is 0 Å². The van der Waals surface area contributed by atoms with E-state index in [1.165, 1.54) is 10.4 Å². The predicted octanol–water partition coefficient (Wildman–Crippen LogP) is 6.91. The highest BCUT2D eigenvalue weighted by atomic mass is 35.6. The van der Waals surface area contributed by atoms with Crippen molar-refractivity contribution in [2.24, 2.45) is 0 Å². The second-order valence-electron chi connectivity index (χ2n) is 10.9. The summed E-state index contributed by atoms with van der Waals surface area (Å²) in [6.07, 6.45) is 0. The molecule has 0 aliphatic rings. The Morgan fingerprint density at radius 3 is 1.00 bits per heavy atom. The summed E-state index contributed by atoms with van der Waals surface area (Å²) >= 11 is 8.17. The first kappa shape index (κ1) is 22.5. The lowest BCUT2D eigenvalue weighted by Gasteiger charge is -2.65. The molecule has 3 heteroatoms. The molecule has 2 aromatic carbocycles. The van der Waals surface area contributed by atoms with Crippen LogP contribution in [0.2, 0.25) is 15.1 Å². The van der Waals surface area contributed by atoms with Crippen molar-refractivity contribution in [1.82, 2.24) is 0 Å². The monoisotopic (exact) mass is 416 g/mol. The van der Waals surface area contributed by atoms with Gasteiger partial charge in [0, 0.05) is 0 Å². The van der Waals surface area contributed by atoms with Gasteiger partial charge in [-0.2, -0.15) is 11.1 Å². The van der Waals surface area contributed by atoms with Crippen LogP contribution in [0.25, 0.3) is 0 Å². The highest BCUT2D eigenvalue weighted by Gasteiger charge is 2.72. The van der Waals surface area contributed by atoms with Crippen molar-refractivity contribution < 1.29 is 0 Å². The Bertz CT molecular complexity index is 671. The van der Waals surface area contributed by atoms with E-state index in [0.29, 0.717) is 0 Å². The molecular formula is C24H37ClSi2. The maximum atomic E-state index is 8.17. The van der Waals surface area contributed by atoms with Gasteiger partial charge in [-0.25, -0.2) is 0 Å². The molecule has 0 bridgehead atoms. The van der Waals surface area contributed by atoms with Gasteiger partial charge in [-0.05, 0) is 25.5 Å². The lowest BCUT2D eigenvalue weighted by molar-refractivity contribution is 0.554. The highest BCUT2D eigenvalue weighted by molar-refractivity contribution is 7.70. The van der Waals surface area contributed by atoms with Crippen molar-refractivity contribution >= 4 is 35.9 Å². The lowest BCUT2D eigenvalue weighted by atomic mass is 10.2. The predicted molar refractivity (Wildman–Crippen MR) is 129 cm³/mol. The summed E-state index contributed by atoms with van der Waals surface area (Å²) in [5.74, 6) is 0. The molecule has 148 valence electrons. The first-order chi connectivity index (χ1) is 12.2. The summed E-state index contributed by atoms with van der Waals surface area (Å²) in [6.45, 7) is 19.5. The molecule has 0 fully saturated rings. The Morgan fingerprint density at radius 1 is 0.519 bits per heavy atom. The molecule has 0 spiro atoms. The molecule has 0 saturated heterocycles. The Kier molecular flexibility index (Phi) is 5.99. The molecular weight excluding hydrogens is 380 g/mol. The van der Waals surface area contributed by atoms with Gasteiger partial charge in [0.05, 0.1) is 7.59 Å². The summed E-state index contributed by atoms with van der Waals surface area (Å²) in [4.78, 5) is 0. The molecule has 0 saturated carbocycles. The van der Waals surface area contributed by atoms with Gasteiger partial charge in [0.1, 0.15) is 0 Å². The number of halogens is 1. The molecule has 0 atom stereocenters. The second-order valence-corrected chi connectivity index (χ2v) is 26.5. The molecule has 0 radical (unpaired) electrons. The van der Waals surface area contributed by atoms with E-state index in [1.807, 2.05) is 0 Å². The number of rotatable bonds is 3. The third-order valence-corrected chi connectivity index (χ3v) is 31.7. The van der Waals surface area contributed by atoms with E-state index in [2.05, 4.69) is 123 Å². The summed E-state index contributed by atoms with van der Waals surface area (Å²) in [5.41, 5.74) is 0. The summed E-state index contributed by atoms with van der Waals surface area (Å²) in [7, 11) is -2.23. The minimum Gasteiger partial charge on any atom is -0.159 e. The van der Waals surface area contributed by atoms with Crippen LogP contribution in [-0.4, -0.2) is 14.5 Å². The molecule has 0 N–H and O–H groups in total. The average molecular weight is 417 g/mol. The first-order valence-electron chi connectivity index (χ1n) is 10.0. The average Bonchev–Trinajstić information content (AvgIpc) is 2.52. The Balaban J connectivity index is 3.11. The van der Waals surface area contributed by atoms with Crippen LogP contribution in [0.5, 0.6) is 0 Å². The van der Waals surface area contributed by atoms with Crippen LogP contribution in [0.3, 0.4) is 0 Å². The number of benzene rings is 2. The van der Waals surface area contributed by atoms with Crippen molar-refractivity contribution in [2.75, 3.05) is 0 Å². The minimum atomic E-state index is -2.58. The van der Waals surface area contributed by atoms with E-state index in [4.69, 9.17) is 11.1 Å². The quantitative estimate of drug-likeness (QED) is 0.376. The van der Waals surface area contributed by atoms with Crippen LogP contribution in [0.1, 0.15) is 62.3 Å². The summed E-state index contributed by atoms with van der Waals surface area (Å²) in [5, 5.41) is 3.16. The summed E-state index contributed by atoms with van der Waals surface area (Å²) in [6, 6.07) is 22.0. The Morgan fingerprint density at radius 2 is 0.778 bits per heavy atom. The zero-order valence-electron chi connectivity index (χ0n) is 18.7. The maximum absolute atomic E-state index is 8.17. The largest absolute Gasteiger partial charge is 0.207 e. The SMILES string of the molecule is CC(C)(C)[Si](C(C)(C)C)(C(C)(C)C)[Si](Cl)(c1ccccc1)c1ccccc1. The molecule has 2 aromatic rings. The Hall–Kier alpha value is -0.836. The van der Waals surface area contributed by atoms with Crippen LogP contribution in [-0.2, 0) is 0 Å². The van der Waals surface area contributed by atoms with Gasteiger partial charge in [0.2, 0.25) is 6.90 Å². The van der Waals surface area contributed by atoms with E-state index in [0.717, 1.165) is 0 Å². The molecule has 2 rings (SSSR count). The number of hydrogen-bond acceptors (Lipinski definition) is 0. The van der Waals surface area contributed by atoms with Crippen LogP contribution in [0.15, 0.2) is 60.7 Å². The fourth-order valence-corrected chi connectivity index (χ4v) is 40.5. The normalized spacial score (nSPS) is 14.3. The van der Waals surface area contributed by atoms with Crippen LogP contribution in [0.4, 0.5) is 0 Å². The maximum Gasteiger partial charge on any atom is 0.207 e. The molecule has 0 aromatic heterocycles. The van der Waals surface area contributed by atoms with Crippen molar-refractivity contribution in [2.45, 2.75) is 77.4 Å². The van der Waals surface area contributed by atoms with Crippen molar-refractivity contribution in [3.63, 3.8) is 0 Å². The Labute approximate surface area is 173 Å². The smallest absolute Gasteiger partial charge is 0.159 e. The van der Waals surface area contributed by atoms with Gasteiger partial charge in [0.25, 0.3) is 0 Å². The second kappa shape index (κ2) is 7.20. The summed E-state index contributed by atoms with van der Waals surface area (Å²) < 4.78 is 0. The third kappa shape index (κ3) is 3.38. The fraction of sp³-hybridized carbons (Fsp3) is 0.500. The minimum absolute atomic E-state index is 0.142. The van der Waals surface area contributed by atoms with Crippen molar-refractivity contribution in [3.8, 4) is 0 Å². The van der Waals surface area contributed by atoms with E-state index in [-0.39, 0.29) is 15.1 Å². The molecule has 0 nitrogen and oxygen atoms in total. The standard InChI is InChI=1S/C24H37ClSi2/c1-22(2,3)27(23(4,5)6,24(7,8)9)26(25,20-16-12-10-13-17-20)21-18-14-11-15-19-21/h10-19H,1-9H3. The van der Waals surface area contributed by atoms with Crippen LogP contribution < -0.4 is 10.4 Å². The van der Waals surface area contributed by atoms with Gasteiger partial charge in [-0.1, -0.05) is 123 Å². The van der Waals surface area contributed by atoms with Gasteiger partial charge in [-0.15, -0.1) is 0 Å². The van der Waals surface area contributed by atoms with Gasteiger partial charge >= 0.3 is 0 Å². The molecule has 0 heterocycles.